The first-order valence-corrected chi connectivity index (χ1v) is 16.3. The molecule has 0 spiro atoms. The summed E-state index contributed by atoms with van der Waals surface area (Å²) < 4.78 is 37.1. The zero-order chi connectivity index (χ0) is 34.5. The summed E-state index contributed by atoms with van der Waals surface area (Å²) >= 11 is 0. The quantitative estimate of drug-likeness (QED) is 0.313. The van der Waals surface area contributed by atoms with E-state index in [9.17, 15) is 24.0 Å². The Morgan fingerprint density at radius 3 is 1.70 bits per heavy atom. The van der Waals surface area contributed by atoms with Crippen LogP contribution in [-0.2, 0) is 38.1 Å². The summed E-state index contributed by atoms with van der Waals surface area (Å²) in [4.78, 5) is 68.3. The Morgan fingerprint density at radius 2 is 1.23 bits per heavy atom. The lowest BCUT2D eigenvalue weighted by atomic mass is 9.66. The van der Waals surface area contributed by atoms with Crippen molar-refractivity contribution in [2.75, 3.05) is 0 Å². The molecular weight excluding hydrogens is 608 g/mol. The van der Waals surface area contributed by atoms with E-state index in [0.29, 0.717) is 24.2 Å². The molecule has 4 fully saturated rings. The monoisotopic (exact) mass is 650 g/mol. The van der Waals surface area contributed by atoms with Gasteiger partial charge in [0, 0.05) is 16.9 Å². The molecule has 2 saturated carbocycles. The van der Waals surface area contributed by atoms with E-state index in [4.69, 9.17) is 28.1 Å². The van der Waals surface area contributed by atoms with E-state index in [0.717, 1.165) is 0 Å². The van der Waals surface area contributed by atoms with Crippen LogP contribution in [0.3, 0.4) is 0 Å². The molecule has 11 heteroatoms. The first kappa shape index (κ1) is 31.7. The van der Waals surface area contributed by atoms with Crippen molar-refractivity contribution >= 4 is 34.8 Å². The highest BCUT2D eigenvalue weighted by atomic mass is 16.7. The zero-order valence-corrected chi connectivity index (χ0v) is 28.6. The van der Waals surface area contributed by atoms with Crippen LogP contribution in [0.1, 0.15) is 104 Å². The van der Waals surface area contributed by atoms with E-state index in [1.54, 1.807) is 47.6 Å². The van der Waals surface area contributed by atoms with Gasteiger partial charge in [-0.2, -0.15) is 0 Å². The van der Waals surface area contributed by atoms with Crippen molar-refractivity contribution in [3.8, 4) is 5.75 Å². The predicted octanol–water partition coefficient (Wildman–Crippen LogP) is 5.32. The maximum atomic E-state index is 14.5. The van der Waals surface area contributed by atoms with Gasteiger partial charge in [-0.25, -0.2) is 9.59 Å². The smallest absolute Gasteiger partial charge is 0.351 e. The Labute approximate surface area is 272 Å². The van der Waals surface area contributed by atoms with Crippen molar-refractivity contribution < 1.29 is 47.3 Å². The second-order valence-electron chi connectivity index (χ2n) is 16.2. The van der Waals surface area contributed by atoms with Crippen LogP contribution in [-0.4, -0.2) is 46.8 Å². The molecule has 2 saturated heterocycles. The number of carbonyl (C=O) groups is 4. The summed E-state index contributed by atoms with van der Waals surface area (Å²) in [5.41, 5.74) is -7.43. The molecule has 4 bridgehead atoms. The molecule has 1 aromatic heterocycles. The second-order valence-corrected chi connectivity index (χ2v) is 16.2. The molecule has 2 unspecified atom stereocenters. The topological polar surface area (TPSA) is 145 Å². The Bertz CT molecular complexity index is 1880. The third-order valence-corrected chi connectivity index (χ3v) is 13.2. The standard InChI is InChI=1S/C36H42O11/c1-17-15-20-22(23-21(17)19(37)16-18(2)42-23)24(43-28(40)35-13-11-33(9,26(38)46-35)31(35,5)6)25(30(3,4)45-20)44-29(41)36-14-12-34(10,27(39)47-36)32(36,7)8/h15-16,24-25H,11-14H2,1-10H3/t24-,25-,33?,34?,35-,36-/m1/s1. The van der Waals surface area contributed by atoms with Crippen LogP contribution in [0.4, 0.5) is 0 Å². The SMILES string of the molecule is Cc1cc(=O)c2c(C)cc3c(c2o1)[C@@H](OC(=O)[C@@]12CCC(C)(C(=O)O1)C2(C)C)[C@@H](OC(=O)[C@@]12CCC(C)(C(=O)O1)C2(C)C)C(C)(C)O3. The minimum absolute atomic E-state index is 0.134. The fourth-order valence-corrected chi connectivity index (χ4v) is 8.99. The summed E-state index contributed by atoms with van der Waals surface area (Å²) in [6.07, 6.45) is -1.28. The van der Waals surface area contributed by atoms with Gasteiger partial charge >= 0.3 is 23.9 Å². The van der Waals surface area contributed by atoms with Gasteiger partial charge in [-0.15, -0.1) is 0 Å². The lowest BCUT2D eigenvalue weighted by Gasteiger charge is -2.46. The number of rotatable bonds is 4. The van der Waals surface area contributed by atoms with Crippen LogP contribution >= 0.6 is 0 Å². The Morgan fingerprint density at radius 1 is 0.723 bits per heavy atom. The van der Waals surface area contributed by atoms with Gasteiger partial charge in [-0.05, 0) is 78.9 Å². The summed E-state index contributed by atoms with van der Waals surface area (Å²) in [7, 11) is 0. The van der Waals surface area contributed by atoms with Gasteiger partial charge in [0.05, 0.1) is 21.8 Å². The molecule has 4 heterocycles. The number of hydrogen-bond donors (Lipinski definition) is 0. The molecular formula is C36H42O11. The van der Waals surface area contributed by atoms with Crippen molar-refractivity contribution in [1.82, 2.24) is 0 Å². The molecule has 11 nitrogen and oxygen atoms in total. The van der Waals surface area contributed by atoms with Crippen LogP contribution in [0, 0.1) is 35.5 Å². The maximum absolute atomic E-state index is 14.5. The van der Waals surface area contributed by atoms with Crippen LogP contribution in [0.2, 0.25) is 0 Å². The fraction of sp³-hybridized carbons (Fsp3) is 0.639. The third kappa shape index (κ3) is 3.50. The van der Waals surface area contributed by atoms with E-state index < -0.39 is 74.5 Å². The second kappa shape index (κ2) is 8.96. The summed E-state index contributed by atoms with van der Waals surface area (Å²) in [5, 5.41) is 0.263. The molecule has 7 rings (SSSR count). The lowest BCUT2D eigenvalue weighted by Crippen LogP contribution is -2.57. The first-order valence-electron chi connectivity index (χ1n) is 16.3. The molecule has 2 aliphatic carbocycles. The van der Waals surface area contributed by atoms with Gasteiger partial charge in [0.25, 0.3) is 0 Å². The van der Waals surface area contributed by atoms with Gasteiger partial charge in [0.1, 0.15) is 22.7 Å². The van der Waals surface area contributed by atoms with E-state index in [1.807, 2.05) is 27.7 Å². The molecule has 0 N–H and O–H groups in total. The number of ether oxygens (including phenoxy) is 5. The number of esters is 4. The minimum atomic E-state index is -1.60. The van der Waals surface area contributed by atoms with Crippen LogP contribution in [0.5, 0.6) is 5.75 Å². The summed E-state index contributed by atoms with van der Waals surface area (Å²) in [5.74, 6) is -1.91. The van der Waals surface area contributed by atoms with E-state index >= 15 is 0 Å². The van der Waals surface area contributed by atoms with Gasteiger partial charge in [-0.1, -0.05) is 27.7 Å². The maximum Gasteiger partial charge on any atom is 0.351 e. The van der Waals surface area contributed by atoms with Crippen molar-refractivity contribution in [2.24, 2.45) is 21.7 Å². The number of benzene rings is 1. The van der Waals surface area contributed by atoms with Crippen LogP contribution in [0.15, 0.2) is 21.3 Å². The average Bonchev–Trinajstić information content (AvgIpc) is 3.42. The molecule has 47 heavy (non-hydrogen) atoms. The molecule has 0 amide bonds. The largest absolute Gasteiger partial charge is 0.483 e. The van der Waals surface area contributed by atoms with E-state index in [1.165, 1.54) is 6.07 Å². The van der Waals surface area contributed by atoms with Gasteiger partial charge in [0.2, 0.25) is 11.2 Å². The highest BCUT2D eigenvalue weighted by Crippen LogP contribution is 2.67. The molecule has 1 aromatic carbocycles. The number of aryl methyl sites for hydroxylation is 2. The normalized spacial score (nSPS) is 36.8. The van der Waals surface area contributed by atoms with Crippen molar-refractivity contribution in [3.63, 3.8) is 0 Å². The van der Waals surface area contributed by atoms with Crippen molar-refractivity contribution in [2.45, 2.75) is 124 Å². The average molecular weight is 651 g/mol. The minimum Gasteiger partial charge on any atom is -0.483 e. The molecule has 2 aromatic rings. The lowest BCUT2D eigenvalue weighted by molar-refractivity contribution is -0.217. The molecule has 0 radical (unpaired) electrons. The number of fused-ring (bicyclic) bond motifs is 7. The van der Waals surface area contributed by atoms with Crippen LogP contribution < -0.4 is 10.2 Å². The zero-order valence-electron chi connectivity index (χ0n) is 28.6. The van der Waals surface area contributed by atoms with Gasteiger partial charge in [-0.3, -0.25) is 14.4 Å². The third-order valence-electron chi connectivity index (χ3n) is 13.2. The fourth-order valence-electron chi connectivity index (χ4n) is 8.99. The summed E-state index contributed by atoms with van der Waals surface area (Å²) in [6.45, 7) is 17.7. The van der Waals surface area contributed by atoms with Crippen LogP contribution in [0.25, 0.3) is 11.0 Å². The Kier molecular flexibility index (Phi) is 6.04. The molecule has 3 aliphatic heterocycles. The van der Waals surface area contributed by atoms with Crippen molar-refractivity contribution in [3.05, 3.63) is 39.2 Å². The highest BCUT2D eigenvalue weighted by Gasteiger charge is 2.78. The first-order chi connectivity index (χ1) is 21.6. The highest BCUT2D eigenvalue weighted by molar-refractivity contribution is 5.95. The van der Waals surface area contributed by atoms with E-state index in [-0.39, 0.29) is 40.6 Å². The summed E-state index contributed by atoms with van der Waals surface area (Å²) in [6, 6.07) is 3.05. The molecule has 252 valence electrons. The number of carbonyl (C=O) groups excluding carboxylic acids is 4. The number of hydrogen-bond acceptors (Lipinski definition) is 11. The van der Waals surface area contributed by atoms with E-state index in [2.05, 4.69) is 0 Å². The van der Waals surface area contributed by atoms with Gasteiger partial charge < -0.3 is 28.1 Å². The Balaban J connectivity index is 1.39. The molecule has 5 aliphatic rings. The van der Waals surface area contributed by atoms with Crippen molar-refractivity contribution in [1.29, 1.82) is 0 Å². The Hall–Kier alpha value is -3.89. The predicted molar refractivity (Wildman–Crippen MR) is 165 cm³/mol. The van der Waals surface area contributed by atoms with Gasteiger partial charge in [0.15, 0.2) is 17.6 Å². The molecule has 6 atom stereocenters.